The number of carbonyl (C=O) groups excluding carboxylic acids is 1. The summed E-state index contributed by atoms with van der Waals surface area (Å²) in [6.07, 6.45) is 3.39. The van der Waals surface area contributed by atoms with E-state index in [2.05, 4.69) is 9.98 Å². The Balaban J connectivity index is 1.98. The summed E-state index contributed by atoms with van der Waals surface area (Å²) in [6.45, 7) is 3.69. The smallest absolute Gasteiger partial charge is 0.338 e. The predicted octanol–water partition coefficient (Wildman–Crippen LogP) is 2.21. The topological polar surface area (TPSA) is 92.0 Å². The summed E-state index contributed by atoms with van der Waals surface area (Å²) in [5.74, 6) is 0.517. The van der Waals surface area contributed by atoms with E-state index >= 15 is 0 Å². The van der Waals surface area contributed by atoms with Crippen LogP contribution in [-0.4, -0.2) is 36.3 Å². The van der Waals surface area contributed by atoms with E-state index in [1.165, 1.54) is 23.0 Å². The number of fused-ring (bicyclic) bond motifs is 1. The lowest BCUT2D eigenvalue weighted by atomic mass is 9.95. The molecule has 8 nitrogen and oxygen atoms in total. The Bertz CT molecular complexity index is 1410. The zero-order valence-electron chi connectivity index (χ0n) is 18.7. The van der Waals surface area contributed by atoms with Gasteiger partial charge in [-0.2, -0.15) is 0 Å². The fourth-order valence-corrected chi connectivity index (χ4v) is 4.76. The fraction of sp³-hybridized carbons (Fsp3) is 0.250. The number of methoxy groups -OCH3 is 2. The van der Waals surface area contributed by atoms with Crippen LogP contribution < -0.4 is 24.4 Å². The number of allylic oxidation sites excluding steroid dienone is 1. The third kappa shape index (κ3) is 4.19. The summed E-state index contributed by atoms with van der Waals surface area (Å²) in [5.41, 5.74) is 1.88. The first-order chi connectivity index (χ1) is 16.0. The minimum atomic E-state index is -0.731. The van der Waals surface area contributed by atoms with E-state index in [1.54, 1.807) is 51.4 Å². The second-order valence-corrected chi connectivity index (χ2v) is 8.18. The van der Waals surface area contributed by atoms with Crippen molar-refractivity contribution in [3.05, 3.63) is 84.8 Å². The maximum atomic E-state index is 13.5. The lowest BCUT2D eigenvalue weighted by Crippen LogP contribution is -2.40. The number of esters is 1. The minimum absolute atomic E-state index is 0.207. The van der Waals surface area contributed by atoms with Crippen LogP contribution in [0.15, 0.2) is 63.7 Å². The molecule has 0 fully saturated rings. The SMILES string of the molecule is CCOC(=O)C1=C(C)N=c2s/c(=C\c3ccccn3)c(=O)n2C1c1ccc(OC)c(OC)c1. The standard InChI is InChI=1S/C24H23N3O5S/c1-5-32-23(29)20-14(2)26-24-27(21(20)15-9-10-17(30-3)18(12-15)31-4)22(28)19(33-24)13-16-8-6-7-11-25-16/h6-13,21H,5H2,1-4H3/b19-13-. The minimum Gasteiger partial charge on any atom is -0.493 e. The maximum absolute atomic E-state index is 13.5. The quantitative estimate of drug-likeness (QED) is 0.519. The van der Waals surface area contributed by atoms with Crippen molar-refractivity contribution in [2.45, 2.75) is 19.9 Å². The zero-order valence-corrected chi connectivity index (χ0v) is 19.5. The van der Waals surface area contributed by atoms with Crippen molar-refractivity contribution in [2.24, 2.45) is 4.99 Å². The largest absolute Gasteiger partial charge is 0.493 e. The summed E-state index contributed by atoms with van der Waals surface area (Å²) in [7, 11) is 3.08. The van der Waals surface area contributed by atoms with Crippen LogP contribution >= 0.6 is 11.3 Å². The molecule has 0 amide bonds. The molecule has 1 atom stereocenters. The van der Waals surface area contributed by atoms with Gasteiger partial charge < -0.3 is 14.2 Å². The summed E-state index contributed by atoms with van der Waals surface area (Å²) in [4.78, 5) is 35.8. The van der Waals surface area contributed by atoms with Gasteiger partial charge in [0.1, 0.15) is 0 Å². The van der Waals surface area contributed by atoms with Crippen LogP contribution in [0.2, 0.25) is 0 Å². The van der Waals surface area contributed by atoms with Crippen LogP contribution in [-0.2, 0) is 9.53 Å². The molecule has 0 aliphatic carbocycles. The van der Waals surface area contributed by atoms with Crippen LogP contribution in [0.25, 0.3) is 6.08 Å². The zero-order chi connectivity index (χ0) is 23.5. The number of ether oxygens (including phenoxy) is 3. The number of hydrogen-bond acceptors (Lipinski definition) is 8. The number of nitrogens with zero attached hydrogens (tertiary/aromatic N) is 3. The Hall–Kier alpha value is -3.72. The molecule has 3 heterocycles. The normalized spacial score (nSPS) is 15.6. The van der Waals surface area contributed by atoms with Gasteiger partial charge in [0.2, 0.25) is 0 Å². The van der Waals surface area contributed by atoms with Gasteiger partial charge in [-0.05, 0) is 49.8 Å². The van der Waals surface area contributed by atoms with Gasteiger partial charge in [0.05, 0.1) is 48.4 Å². The highest BCUT2D eigenvalue weighted by Crippen LogP contribution is 2.36. The summed E-state index contributed by atoms with van der Waals surface area (Å²) in [6, 6.07) is 10.1. The number of aromatic nitrogens is 2. The van der Waals surface area contributed by atoms with Crippen molar-refractivity contribution in [3.63, 3.8) is 0 Å². The van der Waals surface area contributed by atoms with E-state index in [1.807, 2.05) is 18.2 Å². The van der Waals surface area contributed by atoms with Gasteiger partial charge >= 0.3 is 5.97 Å². The Kier molecular flexibility index (Phi) is 6.41. The second-order valence-electron chi connectivity index (χ2n) is 7.17. The predicted molar refractivity (Wildman–Crippen MR) is 124 cm³/mol. The molecule has 1 aliphatic heterocycles. The van der Waals surface area contributed by atoms with E-state index in [9.17, 15) is 9.59 Å². The Morgan fingerprint density at radius 3 is 2.64 bits per heavy atom. The van der Waals surface area contributed by atoms with E-state index in [4.69, 9.17) is 14.2 Å². The highest BCUT2D eigenvalue weighted by atomic mass is 32.1. The number of rotatable bonds is 6. The first-order valence-electron chi connectivity index (χ1n) is 10.3. The van der Waals surface area contributed by atoms with E-state index in [0.717, 1.165) is 0 Å². The van der Waals surface area contributed by atoms with Gasteiger partial charge in [-0.3, -0.25) is 14.3 Å². The van der Waals surface area contributed by atoms with Crippen molar-refractivity contribution in [2.75, 3.05) is 20.8 Å². The number of carbonyl (C=O) groups is 1. The van der Waals surface area contributed by atoms with Gasteiger partial charge in [0.15, 0.2) is 16.3 Å². The highest BCUT2D eigenvalue weighted by molar-refractivity contribution is 7.07. The van der Waals surface area contributed by atoms with Gasteiger partial charge in [0, 0.05) is 6.20 Å². The Morgan fingerprint density at radius 1 is 1.18 bits per heavy atom. The van der Waals surface area contributed by atoms with Crippen LogP contribution in [0.5, 0.6) is 11.5 Å². The molecule has 1 aliphatic rings. The molecule has 0 bridgehead atoms. The molecule has 4 rings (SSSR count). The van der Waals surface area contributed by atoms with Gasteiger partial charge in [-0.1, -0.05) is 23.5 Å². The molecule has 2 aromatic heterocycles. The monoisotopic (exact) mass is 465 g/mol. The Labute approximate surface area is 194 Å². The summed E-state index contributed by atoms with van der Waals surface area (Å²) >= 11 is 1.25. The van der Waals surface area contributed by atoms with Gasteiger partial charge in [-0.15, -0.1) is 0 Å². The molecule has 3 aromatic rings. The third-order valence-electron chi connectivity index (χ3n) is 5.21. The molecule has 170 valence electrons. The van der Waals surface area contributed by atoms with Crippen LogP contribution in [0.1, 0.15) is 31.1 Å². The first kappa shape index (κ1) is 22.5. The molecule has 1 unspecified atom stereocenters. The van der Waals surface area contributed by atoms with Gasteiger partial charge in [0.25, 0.3) is 5.56 Å². The van der Waals surface area contributed by atoms with E-state index < -0.39 is 12.0 Å². The molecule has 0 radical (unpaired) electrons. The van der Waals surface area contributed by atoms with Crippen molar-refractivity contribution >= 4 is 23.4 Å². The second kappa shape index (κ2) is 9.41. The number of benzene rings is 1. The van der Waals surface area contributed by atoms with E-state index in [-0.39, 0.29) is 12.2 Å². The number of hydrogen-bond donors (Lipinski definition) is 0. The fourth-order valence-electron chi connectivity index (χ4n) is 3.73. The first-order valence-corrected chi connectivity index (χ1v) is 11.1. The number of thiazole rings is 1. The summed E-state index contributed by atoms with van der Waals surface area (Å²) in [5, 5.41) is 0. The van der Waals surface area contributed by atoms with Gasteiger partial charge in [-0.25, -0.2) is 9.79 Å². The van der Waals surface area contributed by atoms with Crippen molar-refractivity contribution in [3.8, 4) is 11.5 Å². The maximum Gasteiger partial charge on any atom is 0.338 e. The average Bonchev–Trinajstić information content (AvgIpc) is 3.12. The molecular formula is C24H23N3O5S. The summed E-state index contributed by atoms with van der Waals surface area (Å²) < 4.78 is 18.1. The highest BCUT2D eigenvalue weighted by Gasteiger charge is 2.33. The molecule has 0 N–H and O–H groups in total. The van der Waals surface area contributed by atoms with Crippen LogP contribution in [0.3, 0.4) is 0 Å². The lowest BCUT2D eigenvalue weighted by Gasteiger charge is -2.25. The molecule has 1 aromatic carbocycles. The average molecular weight is 466 g/mol. The van der Waals surface area contributed by atoms with Crippen molar-refractivity contribution in [1.29, 1.82) is 0 Å². The Morgan fingerprint density at radius 2 is 1.97 bits per heavy atom. The number of pyridine rings is 1. The van der Waals surface area contributed by atoms with E-state index in [0.29, 0.717) is 43.4 Å². The molecule has 0 spiro atoms. The molecule has 0 saturated carbocycles. The van der Waals surface area contributed by atoms with Crippen molar-refractivity contribution < 1.29 is 19.0 Å². The van der Waals surface area contributed by atoms with Crippen LogP contribution in [0.4, 0.5) is 0 Å². The van der Waals surface area contributed by atoms with Crippen molar-refractivity contribution in [1.82, 2.24) is 9.55 Å². The molecule has 9 heteroatoms. The van der Waals surface area contributed by atoms with Crippen LogP contribution in [0, 0.1) is 0 Å². The molecule has 33 heavy (non-hydrogen) atoms. The third-order valence-corrected chi connectivity index (χ3v) is 6.19. The molecular weight excluding hydrogens is 442 g/mol. The lowest BCUT2D eigenvalue weighted by molar-refractivity contribution is -0.139. The molecule has 0 saturated heterocycles.